The summed E-state index contributed by atoms with van der Waals surface area (Å²) >= 11 is 0. The number of carbonyl (C=O) groups is 1. The summed E-state index contributed by atoms with van der Waals surface area (Å²) in [5, 5.41) is 7.65. The Bertz CT molecular complexity index is 760. The summed E-state index contributed by atoms with van der Waals surface area (Å²) in [4.78, 5) is 15.8. The van der Waals surface area contributed by atoms with Crippen LogP contribution >= 0.6 is 0 Å². The van der Waals surface area contributed by atoms with Gasteiger partial charge in [0.05, 0.1) is 17.7 Å². The monoisotopic (exact) mass is 307 g/mol. The van der Waals surface area contributed by atoms with Crippen molar-refractivity contribution in [2.75, 3.05) is 12.4 Å². The second kappa shape index (κ2) is 5.90. The summed E-state index contributed by atoms with van der Waals surface area (Å²) in [6.07, 6.45) is 2.96. The Hall–Kier alpha value is -2.45. The van der Waals surface area contributed by atoms with Gasteiger partial charge < -0.3 is 10.1 Å². The molecule has 0 bridgehead atoms. The minimum atomic E-state index is -3.87. The second-order valence-electron chi connectivity index (χ2n) is 4.10. The van der Waals surface area contributed by atoms with E-state index in [1.807, 2.05) is 0 Å². The molecule has 3 N–H and O–H groups in total. The number of nitrogens with zero attached hydrogens (tertiary/aromatic N) is 1. The average Bonchev–Trinajstić information content (AvgIpc) is 2.47. The molecule has 1 heterocycles. The number of aromatic nitrogens is 1. The summed E-state index contributed by atoms with van der Waals surface area (Å²) < 4.78 is 27.8. The summed E-state index contributed by atoms with van der Waals surface area (Å²) in [6, 6.07) is 7.03. The van der Waals surface area contributed by atoms with E-state index >= 15 is 0 Å². The topological polar surface area (TPSA) is 111 Å². The second-order valence-corrected chi connectivity index (χ2v) is 5.66. The van der Waals surface area contributed by atoms with E-state index in [1.54, 1.807) is 0 Å². The van der Waals surface area contributed by atoms with Gasteiger partial charge in [0.15, 0.2) is 0 Å². The standard InChI is InChI=1S/C13H13N3O4S/c1-20-12-3-2-10(21(14,18)19)8-11(12)16-13(17)9-4-6-15-7-5-9/h2-8H,1H3,(H,16,17)(H2,14,18,19). The zero-order chi connectivity index (χ0) is 15.5. The van der Waals surface area contributed by atoms with Crippen LogP contribution in [0, 0.1) is 0 Å². The van der Waals surface area contributed by atoms with Crippen molar-refractivity contribution in [3.05, 3.63) is 48.3 Å². The SMILES string of the molecule is COc1ccc(S(N)(=O)=O)cc1NC(=O)c1ccncc1. The molecule has 7 nitrogen and oxygen atoms in total. The predicted molar refractivity (Wildman–Crippen MR) is 76.6 cm³/mol. The largest absolute Gasteiger partial charge is 0.495 e. The number of benzene rings is 1. The number of carbonyl (C=O) groups excluding carboxylic acids is 1. The molecule has 0 aliphatic heterocycles. The molecule has 0 saturated carbocycles. The van der Waals surface area contributed by atoms with E-state index in [0.29, 0.717) is 11.3 Å². The van der Waals surface area contributed by atoms with Gasteiger partial charge in [0.1, 0.15) is 5.75 Å². The van der Waals surface area contributed by atoms with Gasteiger partial charge in [-0.25, -0.2) is 13.6 Å². The number of nitrogens with two attached hydrogens (primary N) is 1. The van der Waals surface area contributed by atoms with E-state index in [1.165, 1.54) is 49.8 Å². The van der Waals surface area contributed by atoms with Crippen LogP contribution in [0.5, 0.6) is 5.75 Å². The lowest BCUT2D eigenvalue weighted by molar-refractivity contribution is 0.102. The molecular weight excluding hydrogens is 294 g/mol. The molecule has 1 amide bonds. The van der Waals surface area contributed by atoms with Gasteiger partial charge in [-0.3, -0.25) is 9.78 Å². The van der Waals surface area contributed by atoms with Gasteiger partial charge in [-0.2, -0.15) is 0 Å². The van der Waals surface area contributed by atoms with Crippen molar-refractivity contribution in [2.24, 2.45) is 5.14 Å². The van der Waals surface area contributed by atoms with Crippen LogP contribution in [0.4, 0.5) is 5.69 Å². The Morgan fingerprint density at radius 1 is 1.24 bits per heavy atom. The molecule has 0 saturated heterocycles. The maximum Gasteiger partial charge on any atom is 0.255 e. The highest BCUT2D eigenvalue weighted by Crippen LogP contribution is 2.27. The highest BCUT2D eigenvalue weighted by molar-refractivity contribution is 7.89. The fraction of sp³-hybridized carbons (Fsp3) is 0.0769. The van der Waals surface area contributed by atoms with E-state index in [9.17, 15) is 13.2 Å². The molecule has 0 atom stereocenters. The minimum absolute atomic E-state index is 0.117. The number of pyridine rings is 1. The third-order valence-electron chi connectivity index (χ3n) is 2.69. The molecule has 1 aromatic carbocycles. The Balaban J connectivity index is 2.36. The Labute approximate surface area is 121 Å². The number of hydrogen-bond acceptors (Lipinski definition) is 5. The third-order valence-corrected chi connectivity index (χ3v) is 3.60. The van der Waals surface area contributed by atoms with Gasteiger partial charge in [0.2, 0.25) is 10.0 Å². The molecule has 1 aromatic heterocycles. The fourth-order valence-electron chi connectivity index (χ4n) is 1.66. The normalized spacial score (nSPS) is 11.0. The molecule has 0 spiro atoms. The Morgan fingerprint density at radius 3 is 2.48 bits per heavy atom. The molecule has 0 unspecified atom stereocenters. The van der Waals surface area contributed by atoms with Crippen LogP contribution in [0.2, 0.25) is 0 Å². The van der Waals surface area contributed by atoms with Gasteiger partial charge in [0.25, 0.3) is 5.91 Å². The summed E-state index contributed by atoms with van der Waals surface area (Å²) in [5.41, 5.74) is 0.596. The summed E-state index contributed by atoms with van der Waals surface area (Å²) in [5.74, 6) is -0.0907. The molecule has 0 fully saturated rings. The molecule has 8 heteroatoms. The van der Waals surface area contributed by atoms with Gasteiger partial charge in [-0.05, 0) is 30.3 Å². The maximum absolute atomic E-state index is 12.1. The molecule has 0 aliphatic rings. The van der Waals surface area contributed by atoms with Crippen LogP contribution in [0.15, 0.2) is 47.6 Å². The van der Waals surface area contributed by atoms with Crippen LogP contribution in [0.1, 0.15) is 10.4 Å². The van der Waals surface area contributed by atoms with Crippen LogP contribution < -0.4 is 15.2 Å². The lowest BCUT2D eigenvalue weighted by Crippen LogP contribution is -2.15. The molecule has 21 heavy (non-hydrogen) atoms. The van der Waals surface area contributed by atoms with E-state index in [0.717, 1.165) is 0 Å². The van der Waals surface area contributed by atoms with Crippen molar-refractivity contribution in [1.29, 1.82) is 0 Å². The highest BCUT2D eigenvalue weighted by atomic mass is 32.2. The van der Waals surface area contributed by atoms with Crippen LogP contribution in [0.25, 0.3) is 0 Å². The minimum Gasteiger partial charge on any atom is -0.495 e. The van der Waals surface area contributed by atoms with Crippen molar-refractivity contribution in [1.82, 2.24) is 4.98 Å². The fourth-order valence-corrected chi connectivity index (χ4v) is 2.20. The van der Waals surface area contributed by atoms with Gasteiger partial charge >= 0.3 is 0 Å². The lowest BCUT2D eigenvalue weighted by atomic mass is 10.2. The Morgan fingerprint density at radius 2 is 1.90 bits per heavy atom. The first-order valence-corrected chi connectivity index (χ1v) is 7.38. The van der Waals surface area contributed by atoms with E-state index in [4.69, 9.17) is 9.88 Å². The molecule has 0 radical (unpaired) electrons. The van der Waals surface area contributed by atoms with E-state index in [2.05, 4.69) is 10.3 Å². The highest BCUT2D eigenvalue weighted by Gasteiger charge is 2.14. The van der Waals surface area contributed by atoms with Gasteiger partial charge in [-0.15, -0.1) is 0 Å². The predicted octanol–water partition coefficient (Wildman–Crippen LogP) is 0.990. The van der Waals surface area contributed by atoms with Gasteiger partial charge in [-0.1, -0.05) is 0 Å². The number of anilines is 1. The van der Waals surface area contributed by atoms with Gasteiger partial charge in [0, 0.05) is 18.0 Å². The summed E-state index contributed by atoms with van der Waals surface area (Å²) in [7, 11) is -2.46. The zero-order valence-corrected chi connectivity index (χ0v) is 11.9. The smallest absolute Gasteiger partial charge is 0.255 e. The van der Waals surface area contributed by atoms with Crippen molar-refractivity contribution in [3.63, 3.8) is 0 Å². The third kappa shape index (κ3) is 3.56. The van der Waals surface area contributed by atoms with E-state index in [-0.39, 0.29) is 10.6 Å². The first-order chi connectivity index (χ1) is 9.91. The van der Waals surface area contributed by atoms with Crippen molar-refractivity contribution in [3.8, 4) is 5.75 Å². The van der Waals surface area contributed by atoms with Crippen LogP contribution in [-0.4, -0.2) is 26.4 Å². The first-order valence-electron chi connectivity index (χ1n) is 5.84. The number of sulfonamides is 1. The zero-order valence-electron chi connectivity index (χ0n) is 11.1. The van der Waals surface area contributed by atoms with Crippen molar-refractivity contribution in [2.45, 2.75) is 4.90 Å². The molecule has 2 rings (SSSR count). The van der Waals surface area contributed by atoms with Crippen LogP contribution in [-0.2, 0) is 10.0 Å². The first kappa shape index (κ1) is 14.9. The number of primary sulfonamides is 1. The van der Waals surface area contributed by atoms with Crippen molar-refractivity contribution < 1.29 is 17.9 Å². The molecule has 110 valence electrons. The number of methoxy groups -OCH3 is 1. The number of rotatable bonds is 4. The lowest BCUT2D eigenvalue weighted by Gasteiger charge is -2.11. The molecule has 2 aromatic rings. The number of ether oxygens (including phenoxy) is 1. The number of hydrogen-bond donors (Lipinski definition) is 2. The number of nitrogens with one attached hydrogen (secondary N) is 1. The van der Waals surface area contributed by atoms with E-state index < -0.39 is 15.9 Å². The average molecular weight is 307 g/mol. The van der Waals surface area contributed by atoms with Crippen LogP contribution in [0.3, 0.4) is 0 Å². The Kier molecular flexibility index (Phi) is 4.20. The molecular formula is C13H13N3O4S. The quantitative estimate of drug-likeness (QED) is 0.875. The number of amides is 1. The molecule has 0 aliphatic carbocycles. The van der Waals surface area contributed by atoms with Crippen molar-refractivity contribution >= 4 is 21.6 Å². The summed E-state index contributed by atoms with van der Waals surface area (Å²) in [6.45, 7) is 0. The maximum atomic E-state index is 12.1.